The number of likely N-dealkylation sites (N-methyl/N-ethyl adjacent to an activating group) is 1. The zero-order chi connectivity index (χ0) is 13.8. The molecule has 1 nitrogen and oxygen atoms in total. The van der Waals surface area contributed by atoms with E-state index in [0.29, 0.717) is 16.9 Å². The number of rotatable bonds is 4. The molecule has 0 aliphatic heterocycles. The Bertz CT molecular complexity index is 464. The van der Waals surface area contributed by atoms with Crippen molar-refractivity contribution >= 4 is 11.3 Å². The SMILES string of the molecule is CNC(Cc1ccsc1)C12CC3CC(CC(C)(C3)C1)C2. The van der Waals surface area contributed by atoms with Crippen molar-refractivity contribution in [2.45, 2.75) is 57.9 Å². The fourth-order valence-corrected chi connectivity index (χ4v) is 7.16. The van der Waals surface area contributed by atoms with E-state index >= 15 is 0 Å². The molecule has 4 saturated carbocycles. The van der Waals surface area contributed by atoms with Crippen LogP contribution >= 0.6 is 11.3 Å². The quantitative estimate of drug-likeness (QED) is 0.861. The maximum Gasteiger partial charge on any atom is 0.0162 e. The lowest BCUT2D eigenvalue weighted by Crippen LogP contribution is -2.58. The summed E-state index contributed by atoms with van der Waals surface area (Å²) in [6, 6.07) is 3.00. The molecule has 110 valence electrons. The van der Waals surface area contributed by atoms with Gasteiger partial charge in [0.25, 0.3) is 0 Å². The first-order valence-corrected chi connectivity index (χ1v) is 9.23. The highest BCUT2D eigenvalue weighted by Crippen LogP contribution is 2.66. The van der Waals surface area contributed by atoms with Crippen LogP contribution in [0.15, 0.2) is 16.8 Å². The predicted octanol–water partition coefficient (Wildman–Crippen LogP) is 4.49. The van der Waals surface area contributed by atoms with Gasteiger partial charge in [-0.2, -0.15) is 11.3 Å². The molecule has 3 atom stereocenters. The Kier molecular flexibility index (Phi) is 3.05. The largest absolute Gasteiger partial charge is 0.316 e. The van der Waals surface area contributed by atoms with Gasteiger partial charge >= 0.3 is 0 Å². The first-order chi connectivity index (χ1) is 9.61. The van der Waals surface area contributed by atoms with E-state index in [0.717, 1.165) is 11.8 Å². The second-order valence-corrected chi connectivity index (χ2v) is 9.09. The molecule has 0 saturated heterocycles. The molecule has 3 unspecified atom stereocenters. The Morgan fingerprint density at radius 1 is 1.30 bits per heavy atom. The van der Waals surface area contributed by atoms with Crippen molar-refractivity contribution in [3.63, 3.8) is 0 Å². The van der Waals surface area contributed by atoms with E-state index in [4.69, 9.17) is 0 Å². The van der Waals surface area contributed by atoms with Crippen LogP contribution < -0.4 is 5.32 Å². The predicted molar refractivity (Wildman–Crippen MR) is 86.1 cm³/mol. The van der Waals surface area contributed by atoms with Crippen LogP contribution in [-0.4, -0.2) is 13.1 Å². The number of hydrogen-bond donors (Lipinski definition) is 1. The highest BCUT2D eigenvalue weighted by molar-refractivity contribution is 7.07. The maximum atomic E-state index is 3.72. The zero-order valence-electron chi connectivity index (χ0n) is 12.8. The summed E-state index contributed by atoms with van der Waals surface area (Å²) in [6.45, 7) is 2.58. The molecule has 4 bridgehead atoms. The minimum atomic E-state index is 0.593. The monoisotopic (exact) mass is 289 g/mol. The molecule has 5 rings (SSSR count). The van der Waals surface area contributed by atoms with Crippen molar-refractivity contribution in [1.29, 1.82) is 0 Å². The Labute approximate surface area is 127 Å². The molecule has 0 spiro atoms. The van der Waals surface area contributed by atoms with Gasteiger partial charge in [0.05, 0.1) is 0 Å². The van der Waals surface area contributed by atoms with Crippen LogP contribution in [-0.2, 0) is 6.42 Å². The summed E-state index contributed by atoms with van der Waals surface area (Å²) in [5, 5.41) is 8.28. The summed E-state index contributed by atoms with van der Waals surface area (Å²) in [5.74, 6) is 2.05. The van der Waals surface area contributed by atoms with E-state index in [2.05, 4.69) is 36.1 Å². The number of hydrogen-bond acceptors (Lipinski definition) is 2. The fourth-order valence-electron chi connectivity index (χ4n) is 6.48. The standard InChI is InChI=1S/C18H27NS/c1-17-7-14-5-15(8-17)10-18(9-14,12-17)16(19-2)6-13-3-4-20-11-13/h3-4,11,14-16,19H,5-10,12H2,1-2H3. The first kappa shape index (κ1) is 13.3. The van der Waals surface area contributed by atoms with E-state index < -0.39 is 0 Å². The van der Waals surface area contributed by atoms with Gasteiger partial charge in [0, 0.05) is 6.04 Å². The molecule has 0 aromatic carbocycles. The first-order valence-electron chi connectivity index (χ1n) is 8.29. The van der Waals surface area contributed by atoms with E-state index in [1.165, 1.54) is 50.5 Å². The normalized spacial score (nSPS) is 43.9. The topological polar surface area (TPSA) is 12.0 Å². The highest BCUT2D eigenvalue weighted by atomic mass is 32.1. The molecule has 1 aromatic heterocycles. The minimum absolute atomic E-state index is 0.593. The van der Waals surface area contributed by atoms with Crippen LogP contribution in [0.3, 0.4) is 0 Å². The molecule has 20 heavy (non-hydrogen) atoms. The van der Waals surface area contributed by atoms with Gasteiger partial charge in [0.2, 0.25) is 0 Å². The third kappa shape index (κ3) is 2.07. The lowest BCUT2D eigenvalue weighted by molar-refractivity contribution is -0.117. The second kappa shape index (κ2) is 4.58. The average Bonchev–Trinajstić information content (AvgIpc) is 2.85. The van der Waals surface area contributed by atoms with Crippen molar-refractivity contribution in [1.82, 2.24) is 5.32 Å². The van der Waals surface area contributed by atoms with Crippen molar-refractivity contribution in [3.05, 3.63) is 22.4 Å². The Balaban J connectivity index is 1.62. The summed E-state index contributed by atoms with van der Waals surface area (Å²) < 4.78 is 0. The van der Waals surface area contributed by atoms with Crippen LogP contribution in [0.2, 0.25) is 0 Å². The molecule has 2 heteroatoms. The lowest BCUT2D eigenvalue weighted by Gasteiger charge is -2.63. The summed E-state index contributed by atoms with van der Waals surface area (Å²) in [4.78, 5) is 0. The minimum Gasteiger partial charge on any atom is -0.316 e. The maximum absolute atomic E-state index is 3.72. The van der Waals surface area contributed by atoms with Gasteiger partial charge in [-0.15, -0.1) is 0 Å². The van der Waals surface area contributed by atoms with Gasteiger partial charge in [0.1, 0.15) is 0 Å². The summed E-state index contributed by atoms with van der Waals surface area (Å²) in [5.41, 5.74) is 2.79. The molecule has 0 amide bonds. The fraction of sp³-hybridized carbons (Fsp3) is 0.778. The van der Waals surface area contributed by atoms with Gasteiger partial charge < -0.3 is 5.32 Å². The van der Waals surface area contributed by atoms with Gasteiger partial charge in [-0.3, -0.25) is 0 Å². The number of thiophene rings is 1. The Hall–Kier alpha value is -0.340. The van der Waals surface area contributed by atoms with Gasteiger partial charge in [-0.05, 0) is 97.0 Å². The number of nitrogens with one attached hydrogen (secondary N) is 1. The van der Waals surface area contributed by atoms with Crippen LogP contribution in [0.1, 0.15) is 51.0 Å². The lowest BCUT2D eigenvalue weighted by atomic mass is 9.43. The van der Waals surface area contributed by atoms with Crippen LogP contribution in [0.5, 0.6) is 0 Å². The zero-order valence-corrected chi connectivity index (χ0v) is 13.6. The molecule has 1 N–H and O–H groups in total. The average molecular weight is 289 g/mol. The Morgan fingerprint density at radius 3 is 2.60 bits per heavy atom. The van der Waals surface area contributed by atoms with Crippen LogP contribution in [0.4, 0.5) is 0 Å². The van der Waals surface area contributed by atoms with E-state index in [1.54, 1.807) is 0 Å². The van der Waals surface area contributed by atoms with Crippen molar-refractivity contribution in [2.24, 2.45) is 22.7 Å². The highest BCUT2D eigenvalue weighted by Gasteiger charge is 2.57. The molecule has 1 aromatic rings. The van der Waals surface area contributed by atoms with E-state index in [1.807, 2.05) is 11.3 Å². The van der Waals surface area contributed by atoms with Gasteiger partial charge in [-0.1, -0.05) is 6.92 Å². The summed E-state index contributed by atoms with van der Waals surface area (Å²) in [7, 11) is 2.19. The van der Waals surface area contributed by atoms with Gasteiger partial charge in [-0.25, -0.2) is 0 Å². The molecule has 4 fully saturated rings. The Morgan fingerprint density at radius 2 is 2.05 bits per heavy atom. The van der Waals surface area contributed by atoms with E-state index in [9.17, 15) is 0 Å². The third-order valence-corrected chi connectivity index (χ3v) is 7.24. The van der Waals surface area contributed by atoms with Crippen LogP contribution in [0, 0.1) is 22.7 Å². The summed E-state index contributed by atoms with van der Waals surface area (Å²) >= 11 is 1.84. The summed E-state index contributed by atoms with van der Waals surface area (Å²) in [6.07, 6.45) is 10.3. The second-order valence-electron chi connectivity index (χ2n) is 8.31. The van der Waals surface area contributed by atoms with Crippen molar-refractivity contribution in [3.8, 4) is 0 Å². The van der Waals surface area contributed by atoms with E-state index in [-0.39, 0.29) is 0 Å². The van der Waals surface area contributed by atoms with Crippen molar-refractivity contribution in [2.75, 3.05) is 7.05 Å². The van der Waals surface area contributed by atoms with Crippen LogP contribution in [0.25, 0.3) is 0 Å². The molecule has 4 aliphatic rings. The molecule has 4 aliphatic carbocycles. The smallest absolute Gasteiger partial charge is 0.0162 e. The third-order valence-electron chi connectivity index (χ3n) is 6.51. The molecular formula is C18H27NS. The molecule has 1 heterocycles. The molecule has 0 radical (unpaired) electrons. The molecular weight excluding hydrogens is 262 g/mol. The van der Waals surface area contributed by atoms with Gasteiger partial charge in [0.15, 0.2) is 0 Å². The van der Waals surface area contributed by atoms with Crippen molar-refractivity contribution < 1.29 is 0 Å².